The van der Waals surface area contributed by atoms with Crippen LogP contribution in [0.4, 0.5) is 5.69 Å². The molecule has 0 radical (unpaired) electrons. The quantitative estimate of drug-likeness (QED) is 0.877. The number of anilines is 1. The summed E-state index contributed by atoms with van der Waals surface area (Å²) < 4.78 is 0. The fourth-order valence-corrected chi connectivity index (χ4v) is 2.77. The maximum absolute atomic E-state index is 12.6. The lowest BCUT2D eigenvalue weighted by Gasteiger charge is -2.35. The van der Waals surface area contributed by atoms with E-state index in [1.165, 1.54) is 5.56 Å². The van der Waals surface area contributed by atoms with Crippen LogP contribution in [0.2, 0.25) is 0 Å². The molecule has 104 valence electrons. The minimum Gasteiger partial charge on any atom is -0.325 e. The molecule has 19 heavy (non-hydrogen) atoms. The second-order valence-electron chi connectivity index (χ2n) is 5.62. The van der Waals surface area contributed by atoms with E-state index in [2.05, 4.69) is 37.5 Å². The Kier molecular flexibility index (Phi) is 4.25. The van der Waals surface area contributed by atoms with Gasteiger partial charge in [0.05, 0.1) is 5.41 Å². The van der Waals surface area contributed by atoms with Crippen LogP contribution in [-0.2, 0) is 4.79 Å². The SMILES string of the molecule is CCC1(C(=O)Nc2cccc(C)c2C)CCCNC1. The highest BCUT2D eigenvalue weighted by Gasteiger charge is 2.37. The predicted molar refractivity (Wildman–Crippen MR) is 79.4 cm³/mol. The van der Waals surface area contributed by atoms with Crippen molar-refractivity contribution < 1.29 is 4.79 Å². The van der Waals surface area contributed by atoms with Crippen LogP contribution in [0.25, 0.3) is 0 Å². The topological polar surface area (TPSA) is 41.1 Å². The third-order valence-electron chi connectivity index (χ3n) is 4.48. The second-order valence-corrected chi connectivity index (χ2v) is 5.62. The number of aryl methyl sites for hydroxylation is 1. The molecule has 2 N–H and O–H groups in total. The fourth-order valence-electron chi connectivity index (χ4n) is 2.77. The van der Waals surface area contributed by atoms with Gasteiger partial charge in [0, 0.05) is 12.2 Å². The van der Waals surface area contributed by atoms with E-state index in [0.29, 0.717) is 0 Å². The van der Waals surface area contributed by atoms with Crippen molar-refractivity contribution >= 4 is 11.6 Å². The van der Waals surface area contributed by atoms with Crippen molar-refractivity contribution in [1.29, 1.82) is 0 Å². The number of benzene rings is 1. The minimum absolute atomic E-state index is 0.163. The number of hydrogen-bond donors (Lipinski definition) is 2. The molecule has 1 aromatic carbocycles. The Bertz CT molecular complexity index is 462. The van der Waals surface area contributed by atoms with Gasteiger partial charge in [0.25, 0.3) is 0 Å². The number of hydrogen-bond acceptors (Lipinski definition) is 2. The lowest BCUT2D eigenvalue weighted by Crippen LogP contribution is -2.47. The lowest BCUT2D eigenvalue weighted by atomic mass is 9.77. The van der Waals surface area contributed by atoms with E-state index >= 15 is 0 Å². The van der Waals surface area contributed by atoms with E-state index in [4.69, 9.17) is 0 Å². The number of amides is 1. The molecule has 1 unspecified atom stereocenters. The summed E-state index contributed by atoms with van der Waals surface area (Å²) in [6, 6.07) is 6.05. The predicted octanol–water partition coefficient (Wildman–Crippen LogP) is 3.02. The molecule has 0 saturated carbocycles. The van der Waals surface area contributed by atoms with Crippen LogP contribution in [0.5, 0.6) is 0 Å². The fraction of sp³-hybridized carbons (Fsp3) is 0.562. The Balaban J connectivity index is 2.17. The molecule has 1 heterocycles. The Morgan fingerprint density at radius 1 is 1.42 bits per heavy atom. The van der Waals surface area contributed by atoms with Crippen molar-refractivity contribution in [3.63, 3.8) is 0 Å². The van der Waals surface area contributed by atoms with E-state index < -0.39 is 0 Å². The largest absolute Gasteiger partial charge is 0.325 e. The van der Waals surface area contributed by atoms with Gasteiger partial charge in [-0.25, -0.2) is 0 Å². The Labute approximate surface area is 115 Å². The van der Waals surface area contributed by atoms with E-state index in [9.17, 15) is 4.79 Å². The van der Waals surface area contributed by atoms with Gasteiger partial charge in [0.2, 0.25) is 5.91 Å². The monoisotopic (exact) mass is 260 g/mol. The summed E-state index contributed by atoms with van der Waals surface area (Å²) in [5.41, 5.74) is 3.08. The Hall–Kier alpha value is -1.35. The van der Waals surface area contributed by atoms with Crippen LogP contribution in [-0.4, -0.2) is 19.0 Å². The molecule has 3 heteroatoms. The molecule has 0 aliphatic carbocycles. The average Bonchev–Trinajstić information content (AvgIpc) is 2.44. The zero-order valence-corrected chi connectivity index (χ0v) is 12.2. The highest BCUT2D eigenvalue weighted by molar-refractivity contribution is 5.96. The van der Waals surface area contributed by atoms with Gasteiger partial charge in [0.1, 0.15) is 0 Å². The van der Waals surface area contributed by atoms with E-state index in [1.807, 2.05) is 12.1 Å². The number of nitrogens with one attached hydrogen (secondary N) is 2. The average molecular weight is 260 g/mol. The highest BCUT2D eigenvalue weighted by atomic mass is 16.2. The van der Waals surface area contributed by atoms with Crippen LogP contribution in [0.3, 0.4) is 0 Å². The summed E-state index contributed by atoms with van der Waals surface area (Å²) in [7, 11) is 0. The molecule has 0 spiro atoms. The number of carbonyl (C=O) groups is 1. The first-order chi connectivity index (χ1) is 9.09. The molecule has 1 atom stereocenters. The van der Waals surface area contributed by atoms with Crippen molar-refractivity contribution in [2.75, 3.05) is 18.4 Å². The molecule has 1 fully saturated rings. The number of rotatable bonds is 3. The normalized spacial score (nSPS) is 23.1. The van der Waals surface area contributed by atoms with Crippen molar-refractivity contribution in [1.82, 2.24) is 5.32 Å². The lowest BCUT2D eigenvalue weighted by molar-refractivity contribution is -0.126. The van der Waals surface area contributed by atoms with Crippen molar-refractivity contribution in [3.8, 4) is 0 Å². The summed E-state index contributed by atoms with van der Waals surface area (Å²) in [6.45, 7) is 8.06. The summed E-state index contributed by atoms with van der Waals surface area (Å²) in [5.74, 6) is 0.163. The zero-order valence-electron chi connectivity index (χ0n) is 12.2. The number of carbonyl (C=O) groups excluding carboxylic acids is 1. The van der Waals surface area contributed by atoms with Crippen molar-refractivity contribution in [2.45, 2.75) is 40.0 Å². The molecular formula is C16H24N2O. The third kappa shape index (κ3) is 2.81. The van der Waals surface area contributed by atoms with Gasteiger partial charge in [-0.1, -0.05) is 19.1 Å². The van der Waals surface area contributed by atoms with Crippen LogP contribution < -0.4 is 10.6 Å². The first-order valence-electron chi connectivity index (χ1n) is 7.17. The zero-order chi connectivity index (χ0) is 13.9. The molecule has 1 amide bonds. The Morgan fingerprint density at radius 3 is 2.84 bits per heavy atom. The number of piperidine rings is 1. The molecular weight excluding hydrogens is 236 g/mol. The summed E-state index contributed by atoms with van der Waals surface area (Å²) in [6.07, 6.45) is 2.94. The minimum atomic E-state index is -0.242. The van der Waals surface area contributed by atoms with Gasteiger partial charge >= 0.3 is 0 Å². The smallest absolute Gasteiger partial charge is 0.231 e. The van der Waals surface area contributed by atoms with E-state index in [-0.39, 0.29) is 11.3 Å². The summed E-state index contributed by atoms with van der Waals surface area (Å²) in [5, 5.41) is 6.49. The van der Waals surface area contributed by atoms with Crippen LogP contribution in [0.1, 0.15) is 37.3 Å². The first kappa shape index (κ1) is 14.1. The summed E-state index contributed by atoms with van der Waals surface area (Å²) >= 11 is 0. The standard InChI is InChI=1S/C16H24N2O/c1-4-16(9-6-10-17-11-16)15(19)18-14-8-5-7-12(2)13(14)3/h5,7-8,17H,4,6,9-11H2,1-3H3,(H,18,19). The summed E-state index contributed by atoms with van der Waals surface area (Å²) in [4.78, 5) is 12.6. The maximum atomic E-state index is 12.6. The molecule has 1 aromatic rings. The molecule has 0 aromatic heterocycles. The van der Waals surface area contributed by atoms with E-state index in [1.54, 1.807) is 0 Å². The van der Waals surface area contributed by atoms with Gasteiger partial charge in [-0.15, -0.1) is 0 Å². The van der Waals surface area contributed by atoms with Gasteiger partial charge in [-0.2, -0.15) is 0 Å². The molecule has 1 aliphatic rings. The van der Waals surface area contributed by atoms with Crippen molar-refractivity contribution in [2.24, 2.45) is 5.41 Å². The van der Waals surface area contributed by atoms with Crippen molar-refractivity contribution in [3.05, 3.63) is 29.3 Å². The maximum Gasteiger partial charge on any atom is 0.231 e. The van der Waals surface area contributed by atoms with Gasteiger partial charge in [-0.05, 0) is 56.8 Å². The molecule has 0 bridgehead atoms. The van der Waals surface area contributed by atoms with Gasteiger partial charge in [0.15, 0.2) is 0 Å². The van der Waals surface area contributed by atoms with Gasteiger partial charge in [-0.3, -0.25) is 4.79 Å². The Morgan fingerprint density at radius 2 is 2.21 bits per heavy atom. The molecule has 3 nitrogen and oxygen atoms in total. The van der Waals surface area contributed by atoms with Crippen LogP contribution >= 0.6 is 0 Å². The second kappa shape index (κ2) is 5.74. The molecule has 1 saturated heterocycles. The molecule has 2 rings (SSSR count). The van der Waals surface area contributed by atoms with E-state index in [0.717, 1.165) is 43.6 Å². The third-order valence-corrected chi connectivity index (χ3v) is 4.48. The van der Waals surface area contributed by atoms with Gasteiger partial charge < -0.3 is 10.6 Å². The highest BCUT2D eigenvalue weighted by Crippen LogP contribution is 2.32. The molecule has 1 aliphatic heterocycles. The van der Waals surface area contributed by atoms with Crippen LogP contribution in [0.15, 0.2) is 18.2 Å². The first-order valence-corrected chi connectivity index (χ1v) is 7.17. The van der Waals surface area contributed by atoms with Crippen LogP contribution in [0, 0.1) is 19.3 Å².